The molecule has 2 N–H and O–H groups in total. The Bertz CT molecular complexity index is 815. The van der Waals surface area contributed by atoms with Crippen molar-refractivity contribution in [3.63, 3.8) is 0 Å². The van der Waals surface area contributed by atoms with Crippen molar-refractivity contribution in [1.82, 2.24) is 15.1 Å². The summed E-state index contributed by atoms with van der Waals surface area (Å²) in [4.78, 5) is 35.5. The third-order valence-electron chi connectivity index (χ3n) is 4.18. The lowest BCUT2D eigenvalue weighted by molar-refractivity contribution is -0.384. The first kappa shape index (κ1) is 14.9. The van der Waals surface area contributed by atoms with Crippen LogP contribution in [0.5, 0.6) is 0 Å². The molecule has 2 atom stereocenters. The summed E-state index contributed by atoms with van der Waals surface area (Å²) in [6.07, 6.45) is 0. The molecule has 9 nitrogen and oxygen atoms in total. The maximum absolute atomic E-state index is 12.6. The fourth-order valence-electron chi connectivity index (χ4n) is 2.88. The SMILES string of the molecule is C[C@@H]1CN(C(=O)c2n[nH]c3ccc([N+](=O)[O-])cc23)C[C@H]1C(=O)O. The predicted octanol–water partition coefficient (Wildman–Crippen LogP) is 1.26. The van der Waals surface area contributed by atoms with Gasteiger partial charge in [0.25, 0.3) is 11.6 Å². The summed E-state index contributed by atoms with van der Waals surface area (Å²) in [5.41, 5.74) is 0.453. The Morgan fingerprint density at radius 1 is 1.43 bits per heavy atom. The van der Waals surface area contributed by atoms with E-state index in [1.54, 1.807) is 6.92 Å². The number of nitro groups is 1. The molecule has 1 saturated heterocycles. The van der Waals surface area contributed by atoms with Crippen molar-refractivity contribution in [2.24, 2.45) is 11.8 Å². The first-order valence-corrected chi connectivity index (χ1v) is 7.03. The molecule has 1 aliphatic rings. The number of carbonyl (C=O) groups is 2. The quantitative estimate of drug-likeness (QED) is 0.647. The van der Waals surface area contributed by atoms with Gasteiger partial charge in [-0.2, -0.15) is 5.10 Å². The fourth-order valence-corrected chi connectivity index (χ4v) is 2.88. The van der Waals surface area contributed by atoms with E-state index in [0.717, 1.165) is 0 Å². The molecule has 0 bridgehead atoms. The third kappa shape index (κ3) is 2.50. The zero-order valence-corrected chi connectivity index (χ0v) is 12.2. The molecule has 0 unspecified atom stereocenters. The first-order chi connectivity index (χ1) is 10.9. The second-order valence-electron chi connectivity index (χ2n) is 5.69. The van der Waals surface area contributed by atoms with Crippen molar-refractivity contribution in [2.45, 2.75) is 6.92 Å². The van der Waals surface area contributed by atoms with E-state index in [1.807, 2.05) is 0 Å². The summed E-state index contributed by atoms with van der Waals surface area (Å²) < 4.78 is 0. The smallest absolute Gasteiger partial charge is 0.308 e. The van der Waals surface area contributed by atoms with Crippen LogP contribution in [0.2, 0.25) is 0 Å². The highest BCUT2D eigenvalue weighted by Crippen LogP contribution is 2.27. The van der Waals surface area contributed by atoms with E-state index in [1.165, 1.54) is 23.1 Å². The zero-order chi connectivity index (χ0) is 16.7. The number of carboxylic acid groups (broad SMARTS) is 1. The lowest BCUT2D eigenvalue weighted by Crippen LogP contribution is -2.30. The maximum Gasteiger partial charge on any atom is 0.308 e. The van der Waals surface area contributed by atoms with Gasteiger partial charge >= 0.3 is 5.97 Å². The molecule has 3 rings (SSSR count). The highest BCUT2D eigenvalue weighted by atomic mass is 16.6. The number of benzene rings is 1. The second-order valence-corrected chi connectivity index (χ2v) is 5.69. The standard InChI is InChI=1S/C14H14N4O5/c1-7-5-17(6-10(7)14(20)21)13(19)12-9-4-8(18(22)23)2-3-11(9)15-16-12/h2-4,7,10H,5-6H2,1H3,(H,15,16)(H,20,21)/t7-,10-/m1/s1. The number of nitrogens with zero attached hydrogens (tertiary/aromatic N) is 3. The maximum atomic E-state index is 12.6. The van der Waals surface area contributed by atoms with Gasteiger partial charge in [-0.3, -0.25) is 24.8 Å². The van der Waals surface area contributed by atoms with Gasteiger partial charge in [0.15, 0.2) is 5.69 Å². The number of hydrogen-bond donors (Lipinski definition) is 2. The van der Waals surface area contributed by atoms with E-state index in [9.17, 15) is 19.7 Å². The molecule has 1 aliphatic heterocycles. The number of nitro benzene ring substituents is 1. The number of hydrogen-bond acceptors (Lipinski definition) is 5. The molecule has 0 aliphatic carbocycles. The van der Waals surface area contributed by atoms with Gasteiger partial charge in [0, 0.05) is 30.6 Å². The van der Waals surface area contributed by atoms with E-state index in [-0.39, 0.29) is 23.8 Å². The number of nitrogens with one attached hydrogen (secondary N) is 1. The molecule has 23 heavy (non-hydrogen) atoms. The molecule has 120 valence electrons. The lowest BCUT2D eigenvalue weighted by Gasteiger charge is -2.14. The Balaban J connectivity index is 1.94. The van der Waals surface area contributed by atoms with E-state index < -0.39 is 22.7 Å². The van der Waals surface area contributed by atoms with Crippen LogP contribution in [0.15, 0.2) is 18.2 Å². The van der Waals surface area contributed by atoms with Crippen LogP contribution in [0.1, 0.15) is 17.4 Å². The number of likely N-dealkylation sites (tertiary alicyclic amines) is 1. The Hall–Kier alpha value is -2.97. The number of non-ortho nitro benzene ring substituents is 1. The van der Waals surface area contributed by atoms with E-state index >= 15 is 0 Å². The first-order valence-electron chi connectivity index (χ1n) is 7.03. The Kier molecular flexibility index (Phi) is 3.47. The minimum Gasteiger partial charge on any atom is -0.481 e. The normalized spacial score (nSPS) is 20.8. The van der Waals surface area contributed by atoms with Gasteiger partial charge in [0.05, 0.1) is 16.4 Å². The number of fused-ring (bicyclic) bond motifs is 1. The van der Waals surface area contributed by atoms with E-state index in [0.29, 0.717) is 17.4 Å². The van der Waals surface area contributed by atoms with Crippen LogP contribution >= 0.6 is 0 Å². The van der Waals surface area contributed by atoms with Crippen molar-refractivity contribution in [2.75, 3.05) is 13.1 Å². The summed E-state index contributed by atoms with van der Waals surface area (Å²) in [6, 6.07) is 4.11. The molecule has 2 heterocycles. The molecular weight excluding hydrogens is 304 g/mol. The Morgan fingerprint density at radius 2 is 2.17 bits per heavy atom. The molecule has 0 saturated carbocycles. The predicted molar refractivity (Wildman–Crippen MR) is 78.9 cm³/mol. The molecule has 0 spiro atoms. The lowest BCUT2D eigenvalue weighted by atomic mass is 9.99. The molecule has 9 heteroatoms. The molecule has 1 aromatic carbocycles. The summed E-state index contributed by atoms with van der Waals surface area (Å²) in [5, 5.41) is 27.0. The number of aliphatic carboxylic acids is 1. The van der Waals surface area contributed by atoms with Crippen molar-refractivity contribution >= 4 is 28.5 Å². The molecule has 1 fully saturated rings. The number of carboxylic acids is 1. The van der Waals surface area contributed by atoms with Gasteiger partial charge in [-0.15, -0.1) is 0 Å². The van der Waals surface area contributed by atoms with Crippen LogP contribution in [0.25, 0.3) is 10.9 Å². The Labute approximate surface area is 130 Å². The number of amides is 1. The number of carbonyl (C=O) groups excluding carboxylic acids is 1. The van der Waals surface area contributed by atoms with Crippen molar-refractivity contribution < 1.29 is 19.6 Å². The van der Waals surface area contributed by atoms with E-state index in [4.69, 9.17) is 5.11 Å². The van der Waals surface area contributed by atoms with Gasteiger partial charge in [-0.1, -0.05) is 6.92 Å². The van der Waals surface area contributed by atoms with Gasteiger partial charge < -0.3 is 10.0 Å². The molecular formula is C14H14N4O5. The highest BCUT2D eigenvalue weighted by molar-refractivity contribution is 6.05. The number of aromatic amines is 1. The van der Waals surface area contributed by atoms with Crippen LogP contribution in [0.4, 0.5) is 5.69 Å². The molecule has 1 aromatic heterocycles. The average molecular weight is 318 g/mol. The van der Waals surface area contributed by atoms with Crippen LogP contribution in [0.3, 0.4) is 0 Å². The summed E-state index contributed by atoms with van der Waals surface area (Å²) in [6.45, 7) is 2.21. The third-order valence-corrected chi connectivity index (χ3v) is 4.18. The zero-order valence-electron chi connectivity index (χ0n) is 12.2. The van der Waals surface area contributed by atoms with Crippen LogP contribution in [-0.2, 0) is 4.79 Å². The van der Waals surface area contributed by atoms with Gasteiger partial charge in [-0.25, -0.2) is 0 Å². The van der Waals surface area contributed by atoms with Crippen LogP contribution in [0, 0.1) is 22.0 Å². The minimum atomic E-state index is -0.935. The number of H-pyrrole nitrogens is 1. The highest BCUT2D eigenvalue weighted by Gasteiger charge is 2.38. The largest absolute Gasteiger partial charge is 0.481 e. The van der Waals surface area contributed by atoms with Crippen molar-refractivity contribution in [3.8, 4) is 0 Å². The fraction of sp³-hybridized carbons (Fsp3) is 0.357. The summed E-state index contributed by atoms with van der Waals surface area (Å²) >= 11 is 0. The average Bonchev–Trinajstić information content (AvgIpc) is 3.09. The molecule has 0 radical (unpaired) electrons. The summed E-state index contributed by atoms with van der Waals surface area (Å²) in [7, 11) is 0. The monoisotopic (exact) mass is 318 g/mol. The summed E-state index contributed by atoms with van der Waals surface area (Å²) in [5.74, 6) is -2.13. The van der Waals surface area contributed by atoms with Gasteiger partial charge in [-0.05, 0) is 12.0 Å². The molecule has 1 amide bonds. The van der Waals surface area contributed by atoms with Crippen LogP contribution < -0.4 is 0 Å². The minimum absolute atomic E-state index is 0.0712. The topological polar surface area (TPSA) is 129 Å². The van der Waals surface area contributed by atoms with Gasteiger partial charge in [0.1, 0.15) is 0 Å². The van der Waals surface area contributed by atoms with Crippen molar-refractivity contribution in [3.05, 3.63) is 34.0 Å². The second kappa shape index (κ2) is 5.34. The number of rotatable bonds is 3. The molecule has 2 aromatic rings. The van der Waals surface area contributed by atoms with E-state index in [2.05, 4.69) is 10.2 Å². The van der Waals surface area contributed by atoms with Gasteiger partial charge in [0.2, 0.25) is 0 Å². The Morgan fingerprint density at radius 3 is 2.78 bits per heavy atom. The van der Waals surface area contributed by atoms with Crippen molar-refractivity contribution in [1.29, 1.82) is 0 Å². The van der Waals surface area contributed by atoms with Crippen LogP contribution in [-0.4, -0.2) is 50.1 Å². The number of aromatic nitrogens is 2.